The predicted molar refractivity (Wildman–Crippen MR) is 116 cm³/mol. The minimum Gasteiger partial charge on any atom is -0.349 e. The van der Waals surface area contributed by atoms with Crippen LogP contribution >= 0.6 is 0 Å². The summed E-state index contributed by atoms with van der Waals surface area (Å²) in [7, 11) is -3.97. The van der Waals surface area contributed by atoms with Crippen LogP contribution in [-0.2, 0) is 14.8 Å². The number of amides is 2. The molecule has 2 saturated heterocycles. The second-order valence-corrected chi connectivity index (χ2v) is 10.7. The van der Waals surface area contributed by atoms with E-state index in [1.807, 2.05) is 18.7 Å². The SMILES string of the molecule is CC(C)CC(=O)N1CCC(NC(=O)c2ccc(F)c(S(=O)(=O)N3CCCCC3)c2)CC1. The van der Waals surface area contributed by atoms with Crippen LogP contribution in [0.5, 0.6) is 0 Å². The summed E-state index contributed by atoms with van der Waals surface area (Å²) in [5.74, 6) is -0.842. The molecule has 3 rings (SSSR count). The van der Waals surface area contributed by atoms with E-state index in [0.717, 1.165) is 31.4 Å². The monoisotopic (exact) mass is 453 g/mol. The van der Waals surface area contributed by atoms with Crippen molar-refractivity contribution < 1.29 is 22.4 Å². The van der Waals surface area contributed by atoms with E-state index in [4.69, 9.17) is 0 Å². The van der Waals surface area contributed by atoms with Crippen LogP contribution in [0, 0.1) is 11.7 Å². The van der Waals surface area contributed by atoms with Crippen LogP contribution in [0.1, 0.15) is 62.7 Å². The van der Waals surface area contributed by atoms with E-state index in [-0.39, 0.29) is 17.5 Å². The number of halogens is 1. The van der Waals surface area contributed by atoms with Gasteiger partial charge in [0.25, 0.3) is 5.91 Å². The molecule has 7 nitrogen and oxygen atoms in total. The van der Waals surface area contributed by atoms with Crippen molar-refractivity contribution in [3.63, 3.8) is 0 Å². The van der Waals surface area contributed by atoms with Gasteiger partial charge in [-0.25, -0.2) is 12.8 Å². The Kier molecular flexibility index (Phi) is 7.69. The molecule has 0 aliphatic carbocycles. The topological polar surface area (TPSA) is 86.8 Å². The fourth-order valence-electron chi connectivity index (χ4n) is 4.11. The molecule has 2 heterocycles. The molecule has 2 aliphatic rings. The first-order valence-electron chi connectivity index (χ1n) is 11.1. The van der Waals surface area contributed by atoms with Crippen LogP contribution in [0.2, 0.25) is 0 Å². The average Bonchev–Trinajstić information content (AvgIpc) is 2.74. The summed E-state index contributed by atoms with van der Waals surface area (Å²) in [5.41, 5.74) is 0.121. The summed E-state index contributed by atoms with van der Waals surface area (Å²) in [4.78, 5) is 26.3. The Hall–Kier alpha value is -2.00. The fourth-order valence-corrected chi connectivity index (χ4v) is 5.71. The van der Waals surface area contributed by atoms with E-state index in [1.165, 1.54) is 10.4 Å². The number of benzene rings is 1. The zero-order chi connectivity index (χ0) is 22.6. The average molecular weight is 454 g/mol. The van der Waals surface area contributed by atoms with Gasteiger partial charge in [0.05, 0.1) is 0 Å². The van der Waals surface area contributed by atoms with E-state index in [0.29, 0.717) is 51.4 Å². The standard InChI is InChI=1S/C22H32FN3O4S/c1-16(2)14-21(27)25-12-8-18(9-13-25)24-22(28)17-6-7-19(23)20(15-17)31(29,30)26-10-4-3-5-11-26/h6-7,15-16,18H,3-5,8-14H2,1-2H3,(H,24,28). The number of rotatable bonds is 6. The number of sulfonamides is 1. The number of likely N-dealkylation sites (tertiary alicyclic amines) is 1. The maximum Gasteiger partial charge on any atom is 0.251 e. The van der Waals surface area contributed by atoms with Crippen molar-refractivity contribution in [2.75, 3.05) is 26.2 Å². The maximum atomic E-state index is 14.4. The summed E-state index contributed by atoms with van der Waals surface area (Å²) in [6.07, 6.45) is 4.24. The van der Waals surface area contributed by atoms with Crippen molar-refractivity contribution in [3.8, 4) is 0 Å². The molecular formula is C22H32FN3O4S. The Balaban J connectivity index is 1.64. The lowest BCUT2D eigenvalue weighted by molar-refractivity contribution is -0.133. The van der Waals surface area contributed by atoms with Crippen LogP contribution in [0.3, 0.4) is 0 Å². The van der Waals surface area contributed by atoms with Crippen molar-refractivity contribution in [1.29, 1.82) is 0 Å². The van der Waals surface area contributed by atoms with Crippen molar-refractivity contribution >= 4 is 21.8 Å². The highest BCUT2D eigenvalue weighted by Crippen LogP contribution is 2.24. The van der Waals surface area contributed by atoms with Gasteiger partial charge in [0.1, 0.15) is 10.7 Å². The molecule has 0 radical (unpaired) electrons. The summed E-state index contributed by atoms with van der Waals surface area (Å²) in [6.45, 7) is 5.90. The van der Waals surface area contributed by atoms with Crippen LogP contribution in [-0.4, -0.2) is 61.7 Å². The summed E-state index contributed by atoms with van der Waals surface area (Å²) < 4.78 is 41.4. The lowest BCUT2D eigenvalue weighted by Crippen LogP contribution is -2.46. The highest BCUT2D eigenvalue weighted by atomic mass is 32.2. The molecule has 2 aliphatic heterocycles. The van der Waals surface area contributed by atoms with Gasteiger partial charge in [-0.1, -0.05) is 20.3 Å². The van der Waals surface area contributed by atoms with E-state index >= 15 is 0 Å². The Morgan fingerprint density at radius 3 is 2.35 bits per heavy atom. The molecule has 9 heteroatoms. The number of nitrogens with zero attached hydrogens (tertiary/aromatic N) is 2. The molecule has 31 heavy (non-hydrogen) atoms. The van der Waals surface area contributed by atoms with Gasteiger partial charge in [-0.15, -0.1) is 0 Å². The first-order valence-corrected chi connectivity index (χ1v) is 12.5. The zero-order valence-corrected chi connectivity index (χ0v) is 19.1. The Morgan fingerprint density at radius 2 is 1.74 bits per heavy atom. The van der Waals surface area contributed by atoms with Gasteiger partial charge < -0.3 is 10.2 Å². The number of carbonyl (C=O) groups excluding carboxylic acids is 2. The number of piperidine rings is 2. The van der Waals surface area contributed by atoms with Crippen molar-refractivity contribution in [3.05, 3.63) is 29.6 Å². The number of hydrogen-bond donors (Lipinski definition) is 1. The van der Waals surface area contributed by atoms with Gasteiger partial charge in [0, 0.05) is 44.2 Å². The normalized spacial score (nSPS) is 18.9. The summed E-state index contributed by atoms with van der Waals surface area (Å²) in [6, 6.07) is 3.37. The Bertz CT molecular complexity index is 905. The van der Waals surface area contributed by atoms with Gasteiger partial charge >= 0.3 is 0 Å². The summed E-state index contributed by atoms with van der Waals surface area (Å²) >= 11 is 0. The molecular weight excluding hydrogens is 421 g/mol. The lowest BCUT2D eigenvalue weighted by atomic mass is 10.0. The molecule has 2 fully saturated rings. The molecule has 2 amide bonds. The van der Waals surface area contributed by atoms with Gasteiger partial charge in [-0.3, -0.25) is 9.59 Å². The molecule has 0 unspecified atom stereocenters. The molecule has 172 valence electrons. The van der Waals surface area contributed by atoms with Gasteiger partial charge in [-0.2, -0.15) is 4.31 Å². The lowest BCUT2D eigenvalue weighted by Gasteiger charge is -2.33. The number of carbonyl (C=O) groups is 2. The quantitative estimate of drug-likeness (QED) is 0.718. The van der Waals surface area contributed by atoms with E-state index in [1.54, 1.807) is 0 Å². The highest BCUT2D eigenvalue weighted by molar-refractivity contribution is 7.89. The summed E-state index contributed by atoms with van der Waals surface area (Å²) in [5, 5.41) is 2.91. The molecule has 0 atom stereocenters. The minimum atomic E-state index is -3.97. The van der Waals surface area contributed by atoms with Crippen LogP contribution in [0.4, 0.5) is 4.39 Å². The Morgan fingerprint density at radius 1 is 1.10 bits per heavy atom. The van der Waals surface area contributed by atoms with E-state index < -0.39 is 26.6 Å². The first-order chi connectivity index (χ1) is 14.7. The van der Waals surface area contributed by atoms with E-state index in [9.17, 15) is 22.4 Å². The van der Waals surface area contributed by atoms with Crippen LogP contribution in [0.15, 0.2) is 23.1 Å². The zero-order valence-electron chi connectivity index (χ0n) is 18.3. The molecule has 1 N–H and O–H groups in total. The third-order valence-electron chi connectivity index (χ3n) is 5.89. The fraction of sp³-hybridized carbons (Fsp3) is 0.636. The minimum absolute atomic E-state index is 0.109. The molecule has 1 aromatic rings. The van der Waals surface area contributed by atoms with Gasteiger partial charge in [-0.05, 0) is 49.8 Å². The van der Waals surface area contributed by atoms with Gasteiger partial charge in [0.2, 0.25) is 15.9 Å². The van der Waals surface area contributed by atoms with Crippen LogP contribution in [0.25, 0.3) is 0 Å². The Labute approximate surface area is 184 Å². The third-order valence-corrected chi connectivity index (χ3v) is 7.81. The smallest absolute Gasteiger partial charge is 0.251 e. The van der Waals surface area contributed by atoms with Crippen LogP contribution < -0.4 is 5.32 Å². The largest absolute Gasteiger partial charge is 0.349 e. The maximum absolute atomic E-state index is 14.4. The molecule has 0 saturated carbocycles. The molecule has 1 aromatic carbocycles. The first kappa shape index (κ1) is 23.7. The van der Waals surface area contributed by atoms with E-state index in [2.05, 4.69) is 5.32 Å². The van der Waals surface area contributed by atoms with Crippen molar-refractivity contribution in [1.82, 2.24) is 14.5 Å². The second-order valence-electron chi connectivity index (χ2n) is 8.84. The molecule has 0 spiro atoms. The number of nitrogens with one attached hydrogen (secondary N) is 1. The third kappa shape index (κ3) is 5.83. The predicted octanol–water partition coefficient (Wildman–Crippen LogP) is 2.77. The van der Waals surface area contributed by atoms with Crippen molar-refractivity contribution in [2.45, 2.75) is 63.3 Å². The second kappa shape index (κ2) is 10.1. The van der Waals surface area contributed by atoms with Gasteiger partial charge in [0.15, 0.2) is 0 Å². The van der Waals surface area contributed by atoms with Crippen molar-refractivity contribution in [2.24, 2.45) is 5.92 Å². The molecule has 0 bridgehead atoms. The molecule has 0 aromatic heterocycles. The highest BCUT2D eigenvalue weighted by Gasteiger charge is 2.30. The number of hydrogen-bond acceptors (Lipinski definition) is 4.